The summed E-state index contributed by atoms with van der Waals surface area (Å²) in [7, 11) is 0. The minimum absolute atomic E-state index is 0.0134. The van der Waals surface area contributed by atoms with E-state index in [2.05, 4.69) is 55.3 Å². The second-order valence-electron chi connectivity index (χ2n) is 5.24. The summed E-state index contributed by atoms with van der Waals surface area (Å²) in [5.41, 5.74) is 4.82. The zero-order valence-corrected chi connectivity index (χ0v) is 10.4. The van der Waals surface area contributed by atoms with E-state index in [1.54, 1.807) is 0 Å². The number of rotatable bonds is 0. The average Bonchev–Trinajstić information content (AvgIpc) is 2.26. The molecule has 1 aromatic carbocycles. The third-order valence-electron chi connectivity index (χ3n) is 3.20. The molecular formula is C15H16N2. The molecule has 2 heterocycles. The Bertz CT molecular complexity index is 624. The van der Waals surface area contributed by atoms with Crippen LogP contribution in [0.3, 0.4) is 0 Å². The molecule has 0 fully saturated rings. The van der Waals surface area contributed by atoms with Gasteiger partial charge in [-0.1, -0.05) is 18.2 Å². The van der Waals surface area contributed by atoms with Gasteiger partial charge in [0.05, 0.1) is 11.1 Å². The highest BCUT2D eigenvalue weighted by Crippen LogP contribution is 2.37. The van der Waals surface area contributed by atoms with Crippen molar-refractivity contribution < 1.29 is 0 Å². The molecule has 1 aromatic heterocycles. The summed E-state index contributed by atoms with van der Waals surface area (Å²) in [6, 6.07) is 8.37. The Morgan fingerprint density at radius 1 is 1.18 bits per heavy atom. The van der Waals surface area contributed by atoms with Gasteiger partial charge in [-0.05, 0) is 38.5 Å². The number of benzene rings is 1. The van der Waals surface area contributed by atoms with E-state index in [9.17, 15) is 0 Å². The number of anilines is 1. The maximum absolute atomic E-state index is 4.51. The summed E-state index contributed by atoms with van der Waals surface area (Å²) in [6.07, 6.45) is 4.12. The summed E-state index contributed by atoms with van der Waals surface area (Å²) in [6.45, 7) is 6.53. The van der Waals surface area contributed by atoms with E-state index in [4.69, 9.17) is 0 Å². The van der Waals surface area contributed by atoms with E-state index in [1.165, 1.54) is 22.2 Å². The van der Waals surface area contributed by atoms with E-state index in [-0.39, 0.29) is 5.54 Å². The van der Waals surface area contributed by atoms with Crippen LogP contribution in [0.1, 0.15) is 26.3 Å². The van der Waals surface area contributed by atoms with Gasteiger partial charge in [0.15, 0.2) is 0 Å². The number of fused-ring (bicyclic) bond motifs is 3. The largest absolute Gasteiger partial charge is 0.376 e. The second-order valence-corrected chi connectivity index (χ2v) is 5.24. The lowest BCUT2D eigenvalue weighted by Gasteiger charge is -2.31. The van der Waals surface area contributed by atoms with Gasteiger partial charge in [0.2, 0.25) is 0 Å². The Hall–Kier alpha value is -1.83. The molecule has 1 aliphatic heterocycles. The third kappa shape index (κ3) is 1.60. The Labute approximate surface area is 101 Å². The van der Waals surface area contributed by atoms with Gasteiger partial charge >= 0.3 is 0 Å². The lowest BCUT2D eigenvalue weighted by Crippen LogP contribution is -2.31. The van der Waals surface area contributed by atoms with E-state index in [1.807, 2.05) is 12.3 Å². The predicted octanol–water partition coefficient (Wildman–Crippen LogP) is 3.84. The lowest BCUT2D eigenvalue weighted by atomic mass is 9.90. The molecule has 1 N–H and O–H groups in total. The molecule has 1 aliphatic rings. The van der Waals surface area contributed by atoms with E-state index < -0.39 is 0 Å². The molecule has 86 valence electrons. The zero-order chi connectivity index (χ0) is 12.0. The van der Waals surface area contributed by atoms with Crippen LogP contribution in [0.2, 0.25) is 0 Å². The van der Waals surface area contributed by atoms with Crippen molar-refractivity contribution >= 4 is 22.2 Å². The third-order valence-corrected chi connectivity index (χ3v) is 3.20. The molecule has 0 radical (unpaired) electrons. The maximum atomic E-state index is 4.51. The van der Waals surface area contributed by atoms with Crippen LogP contribution in [0.15, 0.2) is 36.5 Å². The molecular weight excluding hydrogens is 208 g/mol. The normalized spacial score (nSPS) is 17.2. The van der Waals surface area contributed by atoms with E-state index >= 15 is 0 Å². The van der Waals surface area contributed by atoms with Crippen LogP contribution in [0.25, 0.3) is 16.5 Å². The number of allylic oxidation sites excluding steroid dienone is 1. The minimum Gasteiger partial charge on any atom is -0.376 e. The fourth-order valence-corrected chi connectivity index (χ4v) is 2.65. The fraction of sp³-hybridized carbons (Fsp3) is 0.267. The first-order valence-electron chi connectivity index (χ1n) is 5.93. The highest BCUT2D eigenvalue weighted by atomic mass is 15.0. The fourth-order valence-electron chi connectivity index (χ4n) is 2.65. The smallest absolute Gasteiger partial charge is 0.0797 e. The molecule has 2 nitrogen and oxygen atoms in total. The topological polar surface area (TPSA) is 24.9 Å². The molecule has 2 aromatic rings. The first-order valence-corrected chi connectivity index (χ1v) is 5.93. The molecule has 2 heteroatoms. The highest BCUT2D eigenvalue weighted by molar-refractivity contribution is 5.98. The van der Waals surface area contributed by atoms with Crippen LogP contribution in [0.4, 0.5) is 5.69 Å². The molecule has 0 saturated heterocycles. The SMILES string of the molecule is CC1=CC(C)(C)Nc2ccc3cccnc3c21. The maximum Gasteiger partial charge on any atom is 0.0797 e. The zero-order valence-electron chi connectivity index (χ0n) is 10.4. The van der Waals surface area contributed by atoms with Gasteiger partial charge in [-0.25, -0.2) is 0 Å². The van der Waals surface area contributed by atoms with Crippen molar-refractivity contribution in [3.63, 3.8) is 0 Å². The number of hydrogen-bond acceptors (Lipinski definition) is 2. The monoisotopic (exact) mass is 224 g/mol. The van der Waals surface area contributed by atoms with Crippen LogP contribution in [-0.2, 0) is 0 Å². The molecule has 17 heavy (non-hydrogen) atoms. The molecule has 0 aliphatic carbocycles. The molecule has 3 rings (SSSR count). The molecule has 0 bridgehead atoms. The summed E-state index contributed by atoms with van der Waals surface area (Å²) in [5.74, 6) is 0. The van der Waals surface area contributed by atoms with Gasteiger partial charge in [0.25, 0.3) is 0 Å². The van der Waals surface area contributed by atoms with E-state index in [0.29, 0.717) is 0 Å². The van der Waals surface area contributed by atoms with Crippen molar-refractivity contribution in [3.05, 3.63) is 42.1 Å². The lowest BCUT2D eigenvalue weighted by molar-refractivity contribution is 0.708. The Morgan fingerprint density at radius 3 is 2.82 bits per heavy atom. The van der Waals surface area contributed by atoms with Crippen molar-refractivity contribution in [3.8, 4) is 0 Å². The number of hydrogen-bond donors (Lipinski definition) is 1. The minimum atomic E-state index is 0.0134. The Morgan fingerprint density at radius 2 is 2.00 bits per heavy atom. The molecule has 0 amide bonds. The summed E-state index contributed by atoms with van der Waals surface area (Å²) < 4.78 is 0. The van der Waals surface area contributed by atoms with Crippen molar-refractivity contribution in [2.45, 2.75) is 26.3 Å². The van der Waals surface area contributed by atoms with Gasteiger partial charge in [-0.15, -0.1) is 0 Å². The van der Waals surface area contributed by atoms with Crippen molar-refractivity contribution in [2.24, 2.45) is 0 Å². The van der Waals surface area contributed by atoms with Gasteiger partial charge in [0.1, 0.15) is 0 Å². The quantitative estimate of drug-likeness (QED) is 0.735. The summed E-state index contributed by atoms with van der Waals surface area (Å²) in [5, 5.41) is 4.74. The number of nitrogens with zero attached hydrogens (tertiary/aromatic N) is 1. The van der Waals surface area contributed by atoms with E-state index in [0.717, 1.165) is 5.52 Å². The number of aromatic nitrogens is 1. The first-order chi connectivity index (χ1) is 8.07. The van der Waals surface area contributed by atoms with Crippen LogP contribution in [-0.4, -0.2) is 10.5 Å². The highest BCUT2D eigenvalue weighted by Gasteiger charge is 2.23. The molecule has 0 saturated carbocycles. The summed E-state index contributed by atoms with van der Waals surface area (Å²) in [4.78, 5) is 4.51. The van der Waals surface area contributed by atoms with Crippen molar-refractivity contribution in [1.29, 1.82) is 0 Å². The Kier molecular flexibility index (Phi) is 2.02. The Balaban J connectivity index is 2.35. The molecule has 0 spiro atoms. The summed E-state index contributed by atoms with van der Waals surface area (Å²) >= 11 is 0. The average molecular weight is 224 g/mol. The first kappa shape index (κ1) is 10.3. The van der Waals surface area contributed by atoms with Gasteiger partial charge < -0.3 is 5.32 Å². The molecule has 0 atom stereocenters. The van der Waals surface area contributed by atoms with Crippen LogP contribution >= 0.6 is 0 Å². The standard InChI is InChI=1S/C15H16N2/c1-10-9-15(2,3)17-12-7-6-11-5-4-8-16-14(11)13(10)12/h4-9,17H,1-3H3. The molecule has 0 unspecified atom stereocenters. The van der Waals surface area contributed by atoms with Crippen LogP contribution < -0.4 is 5.32 Å². The van der Waals surface area contributed by atoms with Gasteiger partial charge in [0, 0.05) is 22.8 Å². The predicted molar refractivity (Wildman–Crippen MR) is 73.1 cm³/mol. The van der Waals surface area contributed by atoms with Gasteiger partial charge in [-0.3, -0.25) is 4.98 Å². The number of nitrogens with one attached hydrogen (secondary N) is 1. The number of pyridine rings is 1. The van der Waals surface area contributed by atoms with Crippen LogP contribution in [0, 0.1) is 0 Å². The van der Waals surface area contributed by atoms with Gasteiger partial charge in [-0.2, -0.15) is 0 Å². The van der Waals surface area contributed by atoms with Crippen molar-refractivity contribution in [2.75, 3.05) is 5.32 Å². The van der Waals surface area contributed by atoms with Crippen LogP contribution in [0.5, 0.6) is 0 Å². The second kappa shape index (κ2) is 3.33. The van der Waals surface area contributed by atoms with Crippen molar-refractivity contribution in [1.82, 2.24) is 4.98 Å².